The molecule has 1 aliphatic rings. The number of hydrogen-bond donors (Lipinski definition) is 2. The maximum atomic E-state index is 12.4. The van der Waals surface area contributed by atoms with Crippen molar-refractivity contribution in [2.24, 2.45) is 13.0 Å². The molecular formula is C17H25N5O. The third-order valence-electron chi connectivity index (χ3n) is 4.58. The van der Waals surface area contributed by atoms with E-state index in [0.717, 1.165) is 48.6 Å². The van der Waals surface area contributed by atoms with Gasteiger partial charge in [-0.05, 0) is 18.9 Å². The Morgan fingerprint density at radius 1 is 1.52 bits per heavy atom. The number of aromatic nitrogens is 4. The summed E-state index contributed by atoms with van der Waals surface area (Å²) in [4.78, 5) is 20.4. The maximum Gasteiger partial charge on any atom is 0.223 e. The molecule has 0 fully saturated rings. The molecule has 0 spiro atoms. The van der Waals surface area contributed by atoms with E-state index in [0.29, 0.717) is 12.5 Å². The summed E-state index contributed by atoms with van der Waals surface area (Å²) >= 11 is 0. The molecule has 23 heavy (non-hydrogen) atoms. The second-order valence-corrected chi connectivity index (χ2v) is 6.63. The van der Waals surface area contributed by atoms with E-state index in [4.69, 9.17) is 0 Å². The van der Waals surface area contributed by atoms with E-state index in [2.05, 4.69) is 34.2 Å². The lowest BCUT2D eigenvalue weighted by molar-refractivity contribution is -0.125. The minimum Gasteiger partial charge on any atom is -0.355 e. The van der Waals surface area contributed by atoms with Gasteiger partial charge in [0.2, 0.25) is 5.91 Å². The lowest BCUT2D eigenvalue weighted by Crippen LogP contribution is -2.35. The zero-order valence-electron chi connectivity index (χ0n) is 14.1. The normalized spacial score (nSPS) is 17.3. The Kier molecular flexibility index (Phi) is 4.50. The van der Waals surface area contributed by atoms with Gasteiger partial charge in [-0.15, -0.1) is 0 Å². The molecule has 0 saturated carbocycles. The van der Waals surface area contributed by atoms with Gasteiger partial charge in [0.15, 0.2) is 0 Å². The van der Waals surface area contributed by atoms with Gasteiger partial charge < -0.3 is 10.3 Å². The molecule has 2 heterocycles. The fourth-order valence-corrected chi connectivity index (χ4v) is 3.10. The molecule has 124 valence electrons. The number of carbonyl (C=O) groups is 1. The van der Waals surface area contributed by atoms with Gasteiger partial charge in [0.05, 0.1) is 5.69 Å². The second-order valence-electron chi connectivity index (χ2n) is 6.63. The van der Waals surface area contributed by atoms with Crippen LogP contribution < -0.4 is 5.32 Å². The molecule has 0 saturated heterocycles. The van der Waals surface area contributed by atoms with E-state index in [1.165, 1.54) is 0 Å². The number of hydrogen-bond acceptors (Lipinski definition) is 3. The predicted octanol–water partition coefficient (Wildman–Crippen LogP) is 1.73. The van der Waals surface area contributed by atoms with E-state index >= 15 is 0 Å². The Bertz CT molecular complexity index is 685. The number of H-pyrrole nitrogens is 1. The topological polar surface area (TPSA) is 75.6 Å². The van der Waals surface area contributed by atoms with E-state index < -0.39 is 0 Å². The van der Waals surface area contributed by atoms with E-state index in [1.54, 1.807) is 6.20 Å². The Hall–Kier alpha value is -2.11. The van der Waals surface area contributed by atoms with Crippen LogP contribution in [-0.2, 0) is 31.1 Å². The van der Waals surface area contributed by atoms with Crippen molar-refractivity contribution in [2.75, 3.05) is 6.54 Å². The number of aromatic amines is 1. The summed E-state index contributed by atoms with van der Waals surface area (Å²) in [7, 11) is 1.92. The van der Waals surface area contributed by atoms with Crippen LogP contribution in [0.1, 0.15) is 49.1 Å². The molecule has 2 N–H and O–H groups in total. The van der Waals surface area contributed by atoms with Gasteiger partial charge >= 0.3 is 0 Å². The van der Waals surface area contributed by atoms with Crippen molar-refractivity contribution in [3.63, 3.8) is 0 Å². The highest BCUT2D eigenvalue weighted by molar-refractivity contribution is 5.79. The summed E-state index contributed by atoms with van der Waals surface area (Å²) in [5.41, 5.74) is 3.42. The van der Waals surface area contributed by atoms with Crippen LogP contribution in [-0.4, -0.2) is 32.2 Å². The first kappa shape index (κ1) is 15.8. The molecule has 0 bridgehead atoms. The van der Waals surface area contributed by atoms with Crippen molar-refractivity contribution >= 4 is 5.91 Å². The van der Waals surface area contributed by atoms with Gasteiger partial charge in [0.1, 0.15) is 5.82 Å². The first-order valence-electron chi connectivity index (χ1n) is 8.37. The van der Waals surface area contributed by atoms with Crippen molar-refractivity contribution < 1.29 is 4.79 Å². The number of carbonyl (C=O) groups excluding carboxylic acids is 1. The quantitative estimate of drug-likeness (QED) is 0.882. The molecule has 1 aliphatic carbocycles. The van der Waals surface area contributed by atoms with Crippen LogP contribution in [0, 0.1) is 5.92 Å². The van der Waals surface area contributed by atoms with Crippen molar-refractivity contribution in [2.45, 2.75) is 45.4 Å². The zero-order valence-corrected chi connectivity index (χ0v) is 14.1. The first-order chi connectivity index (χ1) is 11.0. The largest absolute Gasteiger partial charge is 0.355 e. The van der Waals surface area contributed by atoms with Gasteiger partial charge in [-0.1, -0.05) is 13.8 Å². The number of rotatable bonds is 5. The number of imidazole rings is 1. The van der Waals surface area contributed by atoms with Crippen LogP contribution in [0.4, 0.5) is 0 Å². The molecule has 1 atom stereocenters. The summed E-state index contributed by atoms with van der Waals surface area (Å²) in [6.07, 6.45) is 5.13. The molecular weight excluding hydrogens is 290 g/mol. The summed E-state index contributed by atoms with van der Waals surface area (Å²) in [6.45, 7) is 4.92. The summed E-state index contributed by atoms with van der Waals surface area (Å²) < 4.78 is 1.84. The smallest absolute Gasteiger partial charge is 0.223 e. The maximum absolute atomic E-state index is 12.4. The minimum absolute atomic E-state index is 0.0505. The molecule has 0 unspecified atom stereocenters. The average Bonchev–Trinajstić information content (AvgIpc) is 3.12. The van der Waals surface area contributed by atoms with Gasteiger partial charge in [-0.2, -0.15) is 5.10 Å². The average molecular weight is 315 g/mol. The first-order valence-corrected chi connectivity index (χ1v) is 8.37. The molecule has 2 aromatic heterocycles. The number of aryl methyl sites for hydroxylation is 2. The van der Waals surface area contributed by atoms with Crippen LogP contribution in [0.3, 0.4) is 0 Å². The molecule has 0 aromatic carbocycles. The van der Waals surface area contributed by atoms with Gasteiger partial charge in [0, 0.05) is 55.9 Å². The predicted molar refractivity (Wildman–Crippen MR) is 88.1 cm³/mol. The number of nitrogens with one attached hydrogen (secondary N) is 2. The highest BCUT2D eigenvalue weighted by Gasteiger charge is 2.27. The van der Waals surface area contributed by atoms with Crippen LogP contribution in [0.2, 0.25) is 0 Å². The molecule has 0 aliphatic heterocycles. The van der Waals surface area contributed by atoms with E-state index in [-0.39, 0.29) is 11.8 Å². The molecule has 2 aromatic rings. The zero-order chi connectivity index (χ0) is 16.4. The fourth-order valence-electron chi connectivity index (χ4n) is 3.10. The molecule has 6 heteroatoms. The Labute approximate surface area is 136 Å². The third kappa shape index (κ3) is 3.46. The van der Waals surface area contributed by atoms with E-state index in [9.17, 15) is 4.79 Å². The molecule has 6 nitrogen and oxygen atoms in total. The Balaban J connectivity index is 1.53. The lowest BCUT2D eigenvalue weighted by atomic mass is 9.89. The standard InChI is InChI=1S/C17H25N5O/c1-11(2)16-20-14-5-4-12(10-15(14)21-16)17(23)18-8-6-13-7-9-19-22(13)3/h7,9,11-12H,4-6,8,10H2,1-3H3,(H,18,23)(H,20,21)/t12-/m0/s1. The Morgan fingerprint density at radius 3 is 3.04 bits per heavy atom. The van der Waals surface area contributed by atoms with Crippen LogP contribution in [0.5, 0.6) is 0 Å². The van der Waals surface area contributed by atoms with Crippen LogP contribution in [0.25, 0.3) is 0 Å². The number of fused-ring (bicyclic) bond motifs is 1. The monoisotopic (exact) mass is 315 g/mol. The van der Waals surface area contributed by atoms with Gasteiger partial charge in [-0.25, -0.2) is 4.98 Å². The highest BCUT2D eigenvalue weighted by Crippen LogP contribution is 2.25. The summed E-state index contributed by atoms with van der Waals surface area (Å²) in [5.74, 6) is 1.63. The van der Waals surface area contributed by atoms with Crippen molar-refractivity contribution in [1.82, 2.24) is 25.1 Å². The third-order valence-corrected chi connectivity index (χ3v) is 4.58. The minimum atomic E-state index is 0.0505. The summed E-state index contributed by atoms with van der Waals surface area (Å²) in [5, 5.41) is 7.20. The van der Waals surface area contributed by atoms with Gasteiger partial charge in [-0.3, -0.25) is 9.48 Å². The molecule has 1 amide bonds. The van der Waals surface area contributed by atoms with E-state index in [1.807, 2.05) is 17.8 Å². The van der Waals surface area contributed by atoms with Crippen LogP contribution in [0.15, 0.2) is 12.3 Å². The SMILES string of the molecule is CC(C)c1nc2c([nH]1)C[C@@H](C(=O)NCCc1ccnn1C)CC2. The van der Waals surface area contributed by atoms with Gasteiger partial charge in [0.25, 0.3) is 0 Å². The number of amides is 1. The summed E-state index contributed by atoms with van der Waals surface area (Å²) in [6, 6.07) is 1.98. The second kappa shape index (κ2) is 6.56. The Morgan fingerprint density at radius 2 is 2.35 bits per heavy atom. The number of nitrogens with zero attached hydrogens (tertiary/aromatic N) is 3. The molecule has 3 rings (SSSR count). The van der Waals surface area contributed by atoms with Crippen molar-refractivity contribution in [1.29, 1.82) is 0 Å². The fraction of sp³-hybridized carbons (Fsp3) is 0.588. The highest BCUT2D eigenvalue weighted by atomic mass is 16.1. The molecule has 0 radical (unpaired) electrons. The van der Waals surface area contributed by atoms with Crippen LogP contribution >= 0.6 is 0 Å². The van der Waals surface area contributed by atoms with Crippen molar-refractivity contribution in [3.05, 3.63) is 35.2 Å². The lowest BCUT2D eigenvalue weighted by Gasteiger charge is -2.20. The van der Waals surface area contributed by atoms with Crippen molar-refractivity contribution in [3.8, 4) is 0 Å².